The number of aromatic amines is 1. The van der Waals surface area contributed by atoms with E-state index in [2.05, 4.69) is 15.0 Å². The van der Waals surface area contributed by atoms with Gasteiger partial charge in [0.15, 0.2) is 0 Å². The van der Waals surface area contributed by atoms with Crippen LogP contribution >= 0.6 is 0 Å². The van der Waals surface area contributed by atoms with E-state index in [-0.39, 0.29) is 23.1 Å². The summed E-state index contributed by atoms with van der Waals surface area (Å²) in [7, 11) is 1.25. The van der Waals surface area contributed by atoms with Crippen LogP contribution in [0, 0.1) is 0 Å². The molecule has 0 saturated carbocycles. The number of hydrogen-bond donors (Lipinski definition) is 2. The van der Waals surface area contributed by atoms with E-state index in [4.69, 9.17) is 0 Å². The van der Waals surface area contributed by atoms with Crippen LogP contribution in [0.1, 0.15) is 40.2 Å². The van der Waals surface area contributed by atoms with Crippen molar-refractivity contribution < 1.29 is 14.3 Å². The topological polar surface area (TPSA) is 88.3 Å². The molecule has 1 aliphatic carbocycles. The number of benzene rings is 1. The Kier molecular flexibility index (Phi) is 4.46. The summed E-state index contributed by atoms with van der Waals surface area (Å²) < 4.78 is 4.63. The first-order valence-corrected chi connectivity index (χ1v) is 7.80. The molecule has 6 nitrogen and oxygen atoms in total. The number of amides is 1. The number of fused-ring (bicyclic) bond motifs is 1. The van der Waals surface area contributed by atoms with Crippen LogP contribution in [-0.2, 0) is 16.0 Å². The molecule has 24 heavy (non-hydrogen) atoms. The molecule has 1 aromatic carbocycles. The quantitative estimate of drug-likeness (QED) is 0.847. The number of rotatable bonds is 3. The maximum atomic E-state index is 12.7. The molecular weight excluding hydrogens is 308 g/mol. The Hall–Kier alpha value is -2.89. The maximum Gasteiger partial charge on any atom is 0.339 e. The fourth-order valence-corrected chi connectivity index (χ4v) is 3.06. The molecule has 2 aromatic rings. The Bertz CT molecular complexity index is 841. The van der Waals surface area contributed by atoms with E-state index in [1.165, 1.54) is 24.9 Å². The number of aromatic nitrogens is 1. The fourth-order valence-electron chi connectivity index (χ4n) is 3.06. The lowest BCUT2D eigenvalue weighted by Crippen LogP contribution is -2.27. The number of methoxy groups -OCH3 is 1. The largest absolute Gasteiger partial charge is 0.465 e. The third kappa shape index (κ3) is 3.08. The van der Waals surface area contributed by atoms with E-state index in [0.717, 1.165) is 24.8 Å². The average molecular weight is 326 g/mol. The summed E-state index contributed by atoms with van der Waals surface area (Å²) in [6, 6.07) is 9.18. The van der Waals surface area contributed by atoms with Gasteiger partial charge in [-0.15, -0.1) is 0 Å². The molecule has 1 unspecified atom stereocenters. The number of pyridine rings is 1. The minimum Gasteiger partial charge on any atom is -0.465 e. The third-order valence-corrected chi connectivity index (χ3v) is 4.27. The van der Waals surface area contributed by atoms with Gasteiger partial charge in [-0.3, -0.25) is 9.59 Å². The molecule has 1 aromatic heterocycles. The Morgan fingerprint density at radius 3 is 2.88 bits per heavy atom. The number of nitrogens with one attached hydrogen (secondary N) is 2. The fraction of sp³-hybridized carbons (Fsp3) is 0.278. The molecular formula is C18H18N2O4. The highest BCUT2D eigenvalue weighted by Gasteiger charge is 2.26. The first kappa shape index (κ1) is 16.0. The zero-order valence-corrected chi connectivity index (χ0v) is 13.3. The van der Waals surface area contributed by atoms with Crippen molar-refractivity contribution in [3.63, 3.8) is 0 Å². The van der Waals surface area contributed by atoms with Crippen molar-refractivity contribution in [2.24, 2.45) is 0 Å². The number of anilines is 1. The van der Waals surface area contributed by atoms with Gasteiger partial charge in [0, 0.05) is 6.20 Å². The molecule has 1 aliphatic rings. The highest BCUT2D eigenvalue weighted by Crippen LogP contribution is 2.32. The standard InChI is InChI=1S/C18H18N2O4/c1-24-18(23)12-9-15(17(22)19-10-12)20-16(21)14-8-4-6-11-5-2-3-7-13(11)14/h2-3,5,7,9-10,14H,4,6,8H2,1H3,(H,19,22)(H,20,21). The van der Waals surface area contributed by atoms with Gasteiger partial charge in [-0.25, -0.2) is 4.79 Å². The summed E-state index contributed by atoms with van der Waals surface area (Å²) >= 11 is 0. The molecule has 1 atom stereocenters. The lowest BCUT2D eigenvalue weighted by molar-refractivity contribution is -0.117. The average Bonchev–Trinajstić information content (AvgIpc) is 2.62. The normalized spacial score (nSPS) is 16.1. The second-order valence-corrected chi connectivity index (χ2v) is 5.76. The molecule has 2 N–H and O–H groups in total. The molecule has 0 aliphatic heterocycles. The summed E-state index contributed by atoms with van der Waals surface area (Å²) in [6.45, 7) is 0. The first-order valence-electron chi connectivity index (χ1n) is 7.80. The number of carbonyl (C=O) groups excluding carboxylic acids is 2. The number of ether oxygens (including phenoxy) is 1. The number of H-pyrrole nitrogens is 1. The molecule has 1 heterocycles. The van der Waals surface area contributed by atoms with Gasteiger partial charge in [0.1, 0.15) is 5.69 Å². The van der Waals surface area contributed by atoms with E-state index in [1.807, 2.05) is 24.3 Å². The predicted octanol–water partition coefficient (Wildman–Crippen LogP) is 2.22. The van der Waals surface area contributed by atoms with Crippen LogP contribution in [0.5, 0.6) is 0 Å². The van der Waals surface area contributed by atoms with Crippen LogP contribution in [0.25, 0.3) is 0 Å². The van der Waals surface area contributed by atoms with Crippen molar-refractivity contribution in [3.8, 4) is 0 Å². The predicted molar refractivity (Wildman–Crippen MR) is 89.2 cm³/mol. The minimum atomic E-state index is -0.579. The van der Waals surface area contributed by atoms with Crippen LogP contribution in [0.15, 0.2) is 41.3 Å². The number of hydrogen-bond acceptors (Lipinski definition) is 4. The van der Waals surface area contributed by atoms with Crippen LogP contribution in [0.3, 0.4) is 0 Å². The molecule has 3 rings (SSSR count). The van der Waals surface area contributed by atoms with E-state index >= 15 is 0 Å². The van der Waals surface area contributed by atoms with E-state index in [9.17, 15) is 14.4 Å². The van der Waals surface area contributed by atoms with Gasteiger partial charge in [-0.05, 0) is 36.5 Å². The molecule has 1 amide bonds. The van der Waals surface area contributed by atoms with Gasteiger partial charge < -0.3 is 15.0 Å². The molecule has 0 radical (unpaired) electrons. The Labute approximate surface area is 138 Å². The van der Waals surface area contributed by atoms with Crippen molar-refractivity contribution in [2.75, 3.05) is 12.4 Å². The minimum absolute atomic E-state index is 0.0472. The van der Waals surface area contributed by atoms with Gasteiger partial charge in [0.05, 0.1) is 18.6 Å². The Morgan fingerprint density at radius 1 is 1.29 bits per heavy atom. The van der Waals surface area contributed by atoms with Crippen molar-refractivity contribution in [1.82, 2.24) is 4.98 Å². The summed E-state index contributed by atoms with van der Waals surface area (Å²) in [4.78, 5) is 38.6. The van der Waals surface area contributed by atoms with Crippen molar-refractivity contribution >= 4 is 17.6 Å². The second kappa shape index (κ2) is 6.70. The van der Waals surface area contributed by atoms with Crippen molar-refractivity contribution in [2.45, 2.75) is 25.2 Å². The van der Waals surface area contributed by atoms with Gasteiger partial charge in [0.25, 0.3) is 5.56 Å². The first-order chi connectivity index (χ1) is 11.6. The summed E-state index contributed by atoms with van der Waals surface area (Å²) in [5.74, 6) is -1.12. The highest BCUT2D eigenvalue weighted by molar-refractivity contribution is 5.97. The van der Waals surface area contributed by atoms with E-state index < -0.39 is 11.5 Å². The van der Waals surface area contributed by atoms with Crippen LogP contribution < -0.4 is 10.9 Å². The molecule has 0 bridgehead atoms. The van der Waals surface area contributed by atoms with Gasteiger partial charge in [-0.1, -0.05) is 24.3 Å². The monoisotopic (exact) mass is 326 g/mol. The van der Waals surface area contributed by atoms with Crippen molar-refractivity contribution in [3.05, 3.63) is 63.6 Å². The molecule has 0 saturated heterocycles. The van der Waals surface area contributed by atoms with E-state index in [1.54, 1.807) is 0 Å². The smallest absolute Gasteiger partial charge is 0.339 e. The SMILES string of the molecule is COC(=O)c1c[nH]c(=O)c(NC(=O)C2CCCc3ccccc32)c1. The number of carbonyl (C=O) groups is 2. The van der Waals surface area contributed by atoms with Crippen LogP contribution in [0.2, 0.25) is 0 Å². The highest BCUT2D eigenvalue weighted by atomic mass is 16.5. The van der Waals surface area contributed by atoms with Crippen LogP contribution in [-0.4, -0.2) is 24.0 Å². The zero-order chi connectivity index (χ0) is 17.1. The Morgan fingerprint density at radius 2 is 2.08 bits per heavy atom. The van der Waals surface area contributed by atoms with Gasteiger partial charge in [-0.2, -0.15) is 0 Å². The number of aryl methyl sites for hydroxylation is 1. The number of esters is 1. The van der Waals surface area contributed by atoms with Gasteiger partial charge >= 0.3 is 5.97 Å². The Balaban J connectivity index is 1.86. The summed E-state index contributed by atoms with van der Waals surface area (Å²) in [6.07, 6.45) is 3.88. The summed E-state index contributed by atoms with van der Waals surface area (Å²) in [5.41, 5.74) is 1.94. The third-order valence-electron chi connectivity index (χ3n) is 4.27. The van der Waals surface area contributed by atoms with Crippen LogP contribution in [0.4, 0.5) is 5.69 Å². The molecule has 6 heteroatoms. The maximum absolute atomic E-state index is 12.7. The molecule has 124 valence electrons. The lowest BCUT2D eigenvalue weighted by atomic mass is 9.82. The zero-order valence-electron chi connectivity index (χ0n) is 13.3. The van der Waals surface area contributed by atoms with E-state index in [0.29, 0.717) is 0 Å². The molecule has 0 fully saturated rings. The molecule has 0 spiro atoms. The van der Waals surface area contributed by atoms with Gasteiger partial charge in [0.2, 0.25) is 5.91 Å². The second-order valence-electron chi connectivity index (χ2n) is 5.76. The van der Waals surface area contributed by atoms with Crippen molar-refractivity contribution in [1.29, 1.82) is 0 Å². The summed E-state index contributed by atoms with van der Waals surface area (Å²) in [5, 5.41) is 2.65. The lowest BCUT2D eigenvalue weighted by Gasteiger charge is -2.24.